The highest BCUT2D eigenvalue weighted by Gasteiger charge is 2.34. The van der Waals surface area contributed by atoms with Crippen molar-refractivity contribution in [1.29, 1.82) is 0 Å². The molecule has 1 aliphatic carbocycles. The first-order valence-electron chi connectivity index (χ1n) is 11.4. The lowest BCUT2D eigenvalue weighted by Crippen LogP contribution is -2.25. The summed E-state index contributed by atoms with van der Waals surface area (Å²) in [6.45, 7) is 3.76. The summed E-state index contributed by atoms with van der Waals surface area (Å²) in [4.78, 5) is 27.7. The van der Waals surface area contributed by atoms with Gasteiger partial charge in [0.1, 0.15) is 11.0 Å². The van der Waals surface area contributed by atoms with Crippen molar-refractivity contribution < 1.29 is 22.2 Å². The number of ketones is 2. The van der Waals surface area contributed by atoms with Crippen LogP contribution in [-0.2, 0) is 21.0 Å². The van der Waals surface area contributed by atoms with E-state index >= 15 is 0 Å². The van der Waals surface area contributed by atoms with E-state index < -0.39 is 32.6 Å². The molecule has 0 radical (unpaired) electrons. The van der Waals surface area contributed by atoms with E-state index in [4.69, 9.17) is 0 Å². The first-order chi connectivity index (χ1) is 17.7. The van der Waals surface area contributed by atoms with Gasteiger partial charge in [-0.25, -0.2) is 12.6 Å². The van der Waals surface area contributed by atoms with Crippen molar-refractivity contribution in [1.82, 2.24) is 0 Å². The summed E-state index contributed by atoms with van der Waals surface area (Å²) in [6.07, 6.45) is 0. The molecule has 0 bridgehead atoms. The number of sulfonamides is 1. The molecule has 5 rings (SSSR count). The Morgan fingerprint density at radius 2 is 1.16 bits per heavy atom. The molecular formula is C28H22N2O5S2. The number of hydrogen-bond acceptors (Lipinski definition) is 5. The lowest BCUT2D eigenvalue weighted by atomic mass is 9.82. The van der Waals surface area contributed by atoms with E-state index in [9.17, 15) is 22.2 Å². The van der Waals surface area contributed by atoms with Gasteiger partial charge in [-0.05, 0) is 50.2 Å². The number of fused-ring (bicyclic) bond motifs is 2. The maximum Gasteiger partial charge on any atom is 0.261 e. The van der Waals surface area contributed by atoms with Crippen LogP contribution in [0.2, 0.25) is 0 Å². The monoisotopic (exact) mass is 530 g/mol. The van der Waals surface area contributed by atoms with Gasteiger partial charge in [0.25, 0.3) is 10.0 Å². The normalized spacial score (nSPS) is 13.5. The van der Waals surface area contributed by atoms with Crippen molar-refractivity contribution in [3.63, 3.8) is 0 Å². The highest BCUT2D eigenvalue weighted by Crippen LogP contribution is 2.36. The second-order valence-electron chi connectivity index (χ2n) is 8.72. The number of anilines is 2. The predicted molar refractivity (Wildman–Crippen MR) is 143 cm³/mol. The van der Waals surface area contributed by atoms with Crippen LogP contribution in [0, 0.1) is 13.8 Å². The van der Waals surface area contributed by atoms with Crippen molar-refractivity contribution >= 4 is 44.0 Å². The Labute approximate surface area is 217 Å². The average Bonchev–Trinajstić information content (AvgIpc) is 2.87. The number of benzene rings is 4. The van der Waals surface area contributed by atoms with Gasteiger partial charge in [0.15, 0.2) is 11.6 Å². The summed E-state index contributed by atoms with van der Waals surface area (Å²) in [5.41, 5.74) is 2.37. The van der Waals surface area contributed by atoms with Crippen LogP contribution in [0.15, 0.2) is 94.7 Å². The molecule has 0 aromatic heterocycles. The molecule has 37 heavy (non-hydrogen) atoms. The summed E-state index contributed by atoms with van der Waals surface area (Å²) in [5, 5.41) is 0. The van der Waals surface area contributed by atoms with Gasteiger partial charge >= 0.3 is 0 Å². The van der Waals surface area contributed by atoms with Crippen LogP contribution in [0.1, 0.15) is 43.0 Å². The van der Waals surface area contributed by atoms with Crippen LogP contribution >= 0.6 is 0 Å². The minimum absolute atomic E-state index is 0.00321. The van der Waals surface area contributed by atoms with Crippen LogP contribution in [0.25, 0.3) is 0 Å². The van der Waals surface area contributed by atoms with Gasteiger partial charge in [0.2, 0.25) is 0 Å². The zero-order valence-electron chi connectivity index (χ0n) is 19.9. The SMILES string of the molecule is Cc1ccc(S(=O)Nc2cccc3c2C(=O)c2c(NS(=O)(=O)c4ccc(C)cc4)cccc2C3=O)cc1. The molecule has 0 saturated heterocycles. The zero-order valence-corrected chi connectivity index (χ0v) is 21.6. The van der Waals surface area contributed by atoms with Crippen LogP contribution in [0.3, 0.4) is 0 Å². The smallest absolute Gasteiger partial charge is 0.261 e. The molecular weight excluding hydrogens is 508 g/mol. The van der Waals surface area contributed by atoms with E-state index in [1.54, 1.807) is 36.4 Å². The third-order valence-electron chi connectivity index (χ3n) is 6.09. The van der Waals surface area contributed by atoms with Crippen LogP contribution in [0.5, 0.6) is 0 Å². The van der Waals surface area contributed by atoms with E-state index in [2.05, 4.69) is 9.44 Å². The fourth-order valence-corrected chi connectivity index (χ4v) is 6.10. The molecule has 2 N–H and O–H groups in total. The molecule has 0 aliphatic heterocycles. The summed E-state index contributed by atoms with van der Waals surface area (Å²) in [6, 6.07) is 22.5. The molecule has 4 aromatic carbocycles. The Balaban J connectivity index is 1.55. The molecule has 1 atom stereocenters. The number of aryl methyl sites for hydroxylation is 2. The van der Waals surface area contributed by atoms with Crippen molar-refractivity contribution in [2.45, 2.75) is 23.6 Å². The van der Waals surface area contributed by atoms with E-state index in [-0.39, 0.29) is 38.5 Å². The molecule has 0 spiro atoms. The number of nitrogens with one attached hydrogen (secondary N) is 2. The topological polar surface area (TPSA) is 109 Å². The lowest BCUT2D eigenvalue weighted by molar-refractivity contribution is 0.0980. The molecule has 0 amide bonds. The lowest BCUT2D eigenvalue weighted by Gasteiger charge is -2.23. The van der Waals surface area contributed by atoms with Crippen molar-refractivity contribution in [2.24, 2.45) is 0 Å². The summed E-state index contributed by atoms with van der Waals surface area (Å²) in [5.74, 6) is -0.971. The zero-order chi connectivity index (χ0) is 26.3. The molecule has 4 aromatic rings. The molecule has 1 aliphatic rings. The van der Waals surface area contributed by atoms with E-state index in [0.717, 1.165) is 11.1 Å². The second-order valence-corrected chi connectivity index (χ2v) is 11.6. The van der Waals surface area contributed by atoms with Gasteiger partial charge in [-0.3, -0.25) is 14.3 Å². The minimum Gasteiger partial charge on any atom is -0.300 e. The first kappa shape index (κ1) is 24.6. The van der Waals surface area contributed by atoms with Crippen molar-refractivity contribution in [3.8, 4) is 0 Å². The standard InChI is InChI=1S/C28H22N2O5S2/c1-17-9-13-19(14-10-17)36(33)29-23-7-3-5-21-25(23)28(32)26-22(27(21)31)6-4-8-24(26)30-37(34,35)20-15-11-18(2)12-16-20/h3-16,29-30H,1-2H3. The van der Waals surface area contributed by atoms with E-state index in [1.165, 1.54) is 36.4 Å². The number of hydrogen-bond donors (Lipinski definition) is 2. The predicted octanol–water partition coefficient (Wildman–Crippen LogP) is 5.01. The van der Waals surface area contributed by atoms with Gasteiger partial charge in [-0.15, -0.1) is 0 Å². The molecule has 9 heteroatoms. The molecule has 1 unspecified atom stereocenters. The van der Waals surface area contributed by atoms with Crippen molar-refractivity contribution in [3.05, 3.63) is 118 Å². The Morgan fingerprint density at radius 3 is 1.76 bits per heavy atom. The van der Waals surface area contributed by atoms with Gasteiger partial charge in [-0.2, -0.15) is 0 Å². The average molecular weight is 531 g/mol. The number of carbonyl (C=O) groups is 2. The molecule has 0 fully saturated rings. The molecule has 7 nitrogen and oxygen atoms in total. The summed E-state index contributed by atoms with van der Waals surface area (Å²) in [7, 11) is -5.73. The number of carbonyl (C=O) groups excluding carboxylic acids is 2. The molecule has 0 saturated carbocycles. The van der Waals surface area contributed by atoms with E-state index in [1.807, 2.05) is 26.0 Å². The maximum atomic E-state index is 13.8. The Morgan fingerprint density at radius 1 is 0.649 bits per heavy atom. The Bertz CT molecular complexity index is 1690. The first-order valence-corrected chi connectivity index (χ1v) is 14.0. The highest BCUT2D eigenvalue weighted by molar-refractivity contribution is 7.92. The van der Waals surface area contributed by atoms with Crippen LogP contribution < -0.4 is 9.44 Å². The minimum atomic E-state index is -4.03. The summed E-state index contributed by atoms with van der Waals surface area (Å²) < 4.78 is 44.4. The molecule has 186 valence electrons. The largest absolute Gasteiger partial charge is 0.300 e. The quantitative estimate of drug-likeness (QED) is 0.321. The van der Waals surface area contributed by atoms with Crippen molar-refractivity contribution in [2.75, 3.05) is 9.44 Å². The van der Waals surface area contributed by atoms with Gasteiger partial charge in [-0.1, -0.05) is 59.7 Å². The Kier molecular flexibility index (Phi) is 6.26. The van der Waals surface area contributed by atoms with Crippen LogP contribution in [0.4, 0.5) is 11.4 Å². The number of rotatable bonds is 6. The highest BCUT2D eigenvalue weighted by atomic mass is 32.2. The Hall–Kier alpha value is -4.08. The third kappa shape index (κ3) is 4.59. The molecule has 0 heterocycles. The third-order valence-corrected chi connectivity index (χ3v) is 8.57. The van der Waals surface area contributed by atoms with Gasteiger partial charge in [0.05, 0.1) is 32.3 Å². The van der Waals surface area contributed by atoms with Gasteiger partial charge < -0.3 is 4.72 Å². The maximum absolute atomic E-state index is 13.8. The fraction of sp³-hybridized carbons (Fsp3) is 0.0714. The van der Waals surface area contributed by atoms with Crippen LogP contribution in [-0.4, -0.2) is 24.2 Å². The van der Waals surface area contributed by atoms with Gasteiger partial charge in [0, 0.05) is 11.1 Å². The summed E-state index contributed by atoms with van der Waals surface area (Å²) >= 11 is 0. The fourth-order valence-electron chi connectivity index (χ4n) is 4.15. The second kappa shape index (κ2) is 9.42. The van der Waals surface area contributed by atoms with E-state index in [0.29, 0.717) is 4.90 Å².